The van der Waals surface area contributed by atoms with Gasteiger partial charge < -0.3 is 14.3 Å². The summed E-state index contributed by atoms with van der Waals surface area (Å²) in [7, 11) is 0. The van der Waals surface area contributed by atoms with Crippen molar-refractivity contribution in [1.82, 2.24) is 0 Å². The molecule has 0 saturated carbocycles. The molecular formula is C24H20N2O7. The molecule has 1 N–H and O–H groups in total. The number of nitro benzene ring substituents is 1. The molecule has 0 radical (unpaired) electrons. The Morgan fingerprint density at radius 1 is 1.09 bits per heavy atom. The van der Waals surface area contributed by atoms with E-state index in [4.69, 9.17) is 9.15 Å². The number of carbonyl (C=O) groups is 2. The Labute approximate surface area is 188 Å². The van der Waals surface area contributed by atoms with Gasteiger partial charge in [0.1, 0.15) is 29.1 Å². The molecule has 0 aliphatic carbocycles. The average molecular weight is 448 g/mol. The molecule has 0 spiro atoms. The molecule has 1 aromatic heterocycles. The lowest BCUT2D eigenvalue weighted by atomic mass is 9.99. The van der Waals surface area contributed by atoms with Gasteiger partial charge >= 0.3 is 0 Å². The predicted octanol–water partition coefficient (Wildman–Crippen LogP) is 4.52. The molecule has 1 fully saturated rings. The van der Waals surface area contributed by atoms with E-state index >= 15 is 0 Å². The van der Waals surface area contributed by atoms with Crippen molar-refractivity contribution in [2.75, 3.05) is 11.5 Å². The highest BCUT2D eigenvalue weighted by molar-refractivity contribution is 6.51. The van der Waals surface area contributed by atoms with Crippen molar-refractivity contribution in [3.8, 4) is 5.75 Å². The van der Waals surface area contributed by atoms with Gasteiger partial charge in [-0.2, -0.15) is 0 Å². The number of hydrogen-bond donors (Lipinski definition) is 1. The number of anilines is 1. The first kappa shape index (κ1) is 21.8. The topological polar surface area (TPSA) is 123 Å². The summed E-state index contributed by atoms with van der Waals surface area (Å²) in [6, 6.07) is 14.0. The molecule has 4 rings (SSSR count). The van der Waals surface area contributed by atoms with Gasteiger partial charge in [0.2, 0.25) is 0 Å². The second kappa shape index (κ2) is 8.62. The number of amides is 1. The van der Waals surface area contributed by atoms with Crippen molar-refractivity contribution in [2.24, 2.45) is 0 Å². The van der Waals surface area contributed by atoms with Gasteiger partial charge in [0.25, 0.3) is 17.4 Å². The van der Waals surface area contributed by atoms with Crippen LogP contribution in [0.4, 0.5) is 11.4 Å². The van der Waals surface area contributed by atoms with Crippen LogP contribution in [0.5, 0.6) is 5.75 Å². The minimum atomic E-state index is -1.02. The lowest BCUT2D eigenvalue weighted by Gasteiger charge is -2.23. The minimum absolute atomic E-state index is 0.165. The Morgan fingerprint density at radius 3 is 2.30 bits per heavy atom. The molecule has 1 amide bonds. The highest BCUT2D eigenvalue weighted by Gasteiger charge is 2.48. The van der Waals surface area contributed by atoms with Crippen molar-refractivity contribution in [1.29, 1.82) is 0 Å². The van der Waals surface area contributed by atoms with E-state index < -0.39 is 28.4 Å². The van der Waals surface area contributed by atoms with Gasteiger partial charge in [0.15, 0.2) is 0 Å². The van der Waals surface area contributed by atoms with Gasteiger partial charge in [-0.3, -0.25) is 24.6 Å². The number of carbonyl (C=O) groups excluding carboxylic acids is 2. The first-order chi connectivity index (χ1) is 15.8. The summed E-state index contributed by atoms with van der Waals surface area (Å²) < 4.78 is 11.2. The number of benzene rings is 2. The number of non-ortho nitro benzene ring substituents is 1. The SMILES string of the molecule is CCOc1ccc(N2C(=O)C(=O)/C(=C(\O)c3ccc([N+](=O)[O-])cc3)C2c2ccc(C)o2)cc1. The number of ether oxygens (including phenoxy) is 1. The summed E-state index contributed by atoms with van der Waals surface area (Å²) in [5.41, 5.74) is 0.248. The van der Waals surface area contributed by atoms with Crippen molar-refractivity contribution in [3.05, 3.63) is 93.4 Å². The number of furan rings is 1. The second-order valence-corrected chi connectivity index (χ2v) is 7.35. The van der Waals surface area contributed by atoms with Crippen molar-refractivity contribution >= 4 is 28.8 Å². The second-order valence-electron chi connectivity index (χ2n) is 7.35. The van der Waals surface area contributed by atoms with Gasteiger partial charge in [-0.1, -0.05) is 0 Å². The van der Waals surface area contributed by atoms with Crippen molar-refractivity contribution in [3.63, 3.8) is 0 Å². The number of hydrogen-bond acceptors (Lipinski definition) is 7. The van der Waals surface area contributed by atoms with E-state index in [-0.39, 0.29) is 16.8 Å². The molecular weight excluding hydrogens is 428 g/mol. The van der Waals surface area contributed by atoms with Crippen LogP contribution in [0.1, 0.15) is 30.0 Å². The molecule has 1 aliphatic rings. The molecule has 1 atom stereocenters. The summed E-state index contributed by atoms with van der Waals surface area (Å²) in [6.45, 7) is 4.05. The normalized spacial score (nSPS) is 17.4. The highest BCUT2D eigenvalue weighted by Crippen LogP contribution is 2.43. The van der Waals surface area contributed by atoms with Gasteiger partial charge in [-0.05, 0) is 62.4 Å². The molecule has 1 saturated heterocycles. The number of nitrogens with zero attached hydrogens (tertiary/aromatic N) is 2. The maximum Gasteiger partial charge on any atom is 0.300 e. The first-order valence-corrected chi connectivity index (χ1v) is 10.2. The number of Topliss-reactive ketones (excluding diaryl/α,β-unsaturated/α-hetero) is 1. The number of ketones is 1. The van der Waals surface area contributed by atoms with Gasteiger partial charge in [0.05, 0.1) is 17.1 Å². The summed E-state index contributed by atoms with van der Waals surface area (Å²) in [6.07, 6.45) is 0. The molecule has 2 aromatic carbocycles. The molecule has 33 heavy (non-hydrogen) atoms. The fourth-order valence-corrected chi connectivity index (χ4v) is 3.73. The Bertz CT molecular complexity index is 1260. The third kappa shape index (κ3) is 3.96. The summed E-state index contributed by atoms with van der Waals surface area (Å²) in [5.74, 6) is -0.702. The van der Waals surface area contributed by atoms with Gasteiger partial charge in [-0.15, -0.1) is 0 Å². The van der Waals surface area contributed by atoms with Crippen LogP contribution in [-0.2, 0) is 9.59 Å². The Balaban J connectivity index is 1.85. The fourth-order valence-electron chi connectivity index (χ4n) is 3.73. The third-order valence-electron chi connectivity index (χ3n) is 5.25. The van der Waals surface area contributed by atoms with Crippen LogP contribution in [0, 0.1) is 17.0 Å². The molecule has 3 aromatic rings. The molecule has 1 aliphatic heterocycles. The number of rotatable bonds is 6. The molecule has 9 nitrogen and oxygen atoms in total. The fraction of sp³-hybridized carbons (Fsp3) is 0.167. The lowest BCUT2D eigenvalue weighted by Crippen LogP contribution is -2.29. The highest BCUT2D eigenvalue weighted by atomic mass is 16.6. The van der Waals surface area contributed by atoms with E-state index in [9.17, 15) is 24.8 Å². The van der Waals surface area contributed by atoms with E-state index in [1.807, 2.05) is 6.92 Å². The molecule has 0 bridgehead atoms. The third-order valence-corrected chi connectivity index (χ3v) is 5.25. The molecule has 168 valence electrons. The van der Waals surface area contributed by atoms with Crippen LogP contribution in [0.2, 0.25) is 0 Å². The van der Waals surface area contributed by atoms with E-state index in [1.165, 1.54) is 29.2 Å². The zero-order valence-corrected chi connectivity index (χ0v) is 17.8. The van der Waals surface area contributed by atoms with Crippen LogP contribution in [0.15, 0.2) is 70.7 Å². The summed E-state index contributed by atoms with van der Waals surface area (Å²) >= 11 is 0. The quantitative estimate of drug-likeness (QED) is 0.193. The van der Waals surface area contributed by atoms with Crippen LogP contribution < -0.4 is 9.64 Å². The Kier molecular flexibility index (Phi) is 5.70. The maximum atomic E-state index is 13.1. The lowest BCUT2D eigenvalue weighted by molar-refractivity contribution is -0.384. The maximum absolute atomic E-state index is 13.1. The van der Waals surface area contributed by atoms with Crippen LogP contribution in [0.25, 0.3) is 5.76 Å². The molecule has 9 heteroatoms. The monoisotopic (exact) mass is 448 g/mol. The van der Waals surface area contributed by atoms with Gasteiger partial charge in [-0.25, -0.2) is 0 Å². The number of aliphatic hydroxyl groups is 1. The zero-order valence-electron chi connectivity index (χ0n) is 17.8. The smallest absolute Gasteiger partial charge is 0.300 e. The predicted molar refractivity (Wildman–Crippen MR) is 119 cm³/mol. The van der Waals surface area contributed by atoms with E-state index in [2.05, 4.69) is 0 Å². The van der Waals surface area contributed by atoms with Crippen LogP contribution in [0.3, 0.4) is 0 Å². The summed E-state index contributed by atoms with van der Waals surface area (Å²) in [5, 5.41) is 21.9. The number of nitro groups is 1. The Morgan fingerprint density at radius 2 is 1.76 bits per heavy atom. The standard InChI is InChI=1S/C24H20N2O7/c1-3-32-18-11-9-16(10-12-18)25-21(19-13-4-14(2)33-19)20(23(28)24(25)29)22(27)15-5-7-17(8-6-15)26(30)31/h4-13,21,27H,3H2,1-2H3/b22-20-. The minimum Gasteiger partial charge on any atom is -0.507 e. The molecule has 2 heterocycles. The van der Waals surface area contributed by atoms with E-state index in [0.29, 0.717) is 29.6 Å². The van der Waals surface area contributed by atoms with Gasteiger partial charge in [0, 0.05) is 23.4 Å². The summed E-state index contributed by atoms with van der Waals surface area (Å²) in [4.78, 5) is 37.8. The van der Waals surface area contributed by atoms with E-state index in [0.717, 1.165) is 0 Å². The molecule has 1 unspecified atom stereocenters. The number of aryl methyl sites for hydroxylation is 1. The number of aliphatic hydroxyl groups excluding tert-OH is 1. The van der Waals surface area contributed by atoms with Crippen LogP contribution in [-0.4, -0.2) is 28.3 Å². The van der Waals surface area contributed by atoms with Crippen molar-refractivity contribution in [2.45, 2.75) is 19.9 Å². The van der Waals surface area contributed by atoms with Crippen LogP contribution >= 0.6 is 0 Å². The largest absolute Gasteiger partial charge is 0.507 e. The Hall–Kier alpha value is -4.40. The zero-order chi connectivity index (χ0) is 23.7. The first-order valence-electron chi connectivity index (χ1n) is 10.2. The van der Waals surface area contributed by atoms with E-state index in [1.54, 1.807) is 43.3 Å². The average Bonchev–Trinajstić information content (AvgIpc) is 3.35. The van der Waals surface area contributed by atoms with Crippen molar-refractivity contribution < 1.29 is 28.8 Å².